The van der Waals surface area contributed by atoms with Crippen molar-refractivity contribution in [1.29, 1.82) is 0 Å². The minimum atomic E-state index is -0.454. The fourth-order valence-electron chi connectivity index (χ4n) is 2.73. The van der Waals surface area contributed by atoms with Gasteiger partial charge in [0.25, 0.3) is 5.91 Å². The van der Waals surface area contributed by atoms with Gasteiger partial charge < -0.3 is 9.47 Å². The van der Waals surface area contributed by atoms with Crippen molar-refractivity contribution in [3.8, 4) is 22.9 Å². The van der Waals surface area contributed by atoms with Gasteiger partial charge in [-0.25, -0.2) is 4.98 Å². The molecule has 2 heterocycles. The number of thioether (sulfide) groups is 1. The van der Waals surface area contributed by atoms with Crippen LogP contribution in [0.25, 0.3) is 11.4 Å². The number of fused-ring (bicyclic) bond motifs is 1. The van der Waals surface area contributed by atoms with E-state index in [0.29, 0.717) is 22.5 Å². The molecular formula is C18H15N3O3S. The van der Waals surface area contributed by atoms with Crippen LogP contribution in [0.2, 0.25) is 0 Å². The molecule has 7 heteroatoms. The predicted molar refractivity (Wildman–Crippen MR) is 94.2 cm³/mol. The number of carbonyl (C=O) groups is 1. The summed E-state index contributed by atoms with van der Waals surface area (Å²) in [6.45, 7) is 0. The first-order valence-electron chi connectivity index (χ1n) is 7.66. The maximum absolute atomic E-state index is 12.9. The van der Waals surface area contributed by atoms with E-state index in [-0.39, 0.29) is 5.91 Å². The van der Waals surface area contributed by atoms with Crippen molar-refractivity contribution in [2.75, 3.05) is 14.2 Å². The summed E-state index contributed by atoms with van der Waals surface area (Å²) in [4.78, 5) is 17.4. The number of benzene rings is 2. The number of ether oxygens (including phenoxy) is 2. The highest BCUT2D eigenvalue weighted by Crippen LogP contribution is 2.46. The zero-order valence-electron chi connectivity index (χ0n) is 13.7. The van der Waals surface area contributed by atoms with Crippen molar-refractivity contribution >= 4 is 17.7 Å². The molecule has 0 fully saturated rings. The van der Waals surface area contributed by atoms with Crippen molar-refractivity contribution in [1.82, 2.24) is 14.8 Å². The predicted octanol–water partition coefficient (Wildman–Crippen LogP) is 3.45. The number of hydrogen-bond donors (Lipinski definition) is 0. The van der Waals surface area contributed by atoms with Crippen LogP contribution in [0, 0.1) is 0 Å². The van der Waals surface area contributed by atoms with Crippen molar-refractivity contribution < 1.29 is 14.3 Å². The molecule has 2 aromatic carbocycles. The topological polar surface area (TPSA) is 66.2 Å². The maximum Gasteiger partial charge on any atom is 0.267 e. The van der Waals surface area contributed by atoms with Crippen LogP contribution in [0.5, 0.6) is 11.5 Å². The second-order valence-electron chi connectivity index (χ2n) is 5.44. The summed E-state index contributed by atoms with van der Waals surface area (Å²) in [7, 11) is 3.17. The van der Waals surface area contributed by atoms with E-state index in [1.165, 1.54) is 16.4 Å². The Balaban J connectivity index is 1.69. The van der Waals surface area contributed by atoms with E-state index >= 15 is 0 Å². The van der Waals surface area contributed by atoms with Gasteiger partial charge in [0, 0.05) is 11.1 Å². The highest BCUT2D eigenvalue weighted by atomic mass is 32.2. The molecule has 1 aliphatic heterocycles. The van der Waals surface area contributed by atoms with E-state index < -0.39 is 5.25 Å². The Morgan fingerprint density at radius 3 is 2.56 bits per heavy atom. The SMILES string of the molecule is COc1ccc(OC)c(C2Sc3nc(-c4ccccc4)nn3C2=O)c1. The van der Waals surface area contributed by atoms with Crippen LogP contribution >= 0.6 is 11.8 Å². The van der Waals surface area contributed by atoms with Crippen molar-refractivity contribution in [3.63, 3.8) is 0 Å². The first-order chi connectivity index (χ1) is 12.2. The first kappa shape index (κ1) is 15.7. The Morgan fingerprint density at radius 2 is 1.88 bits per heavy atom. The van der Waals surface area contributed by atoms with Gasteiger partial charge in [-0.3, -0.25) is 4.79 Å². The molecule has 1 unspecified atom stereocenters. The molecule has 3 aromatic rings. The van der Waals surface area contributed by atoms with Crippen LogP contribution in [0.1, 0.15) is 15.6 Å². The third-order valence-electron chi connectivity index (χ3n) is 3.99. The fraction of sp³-hybridized carbons (Fsp3) is 0.167. The van der Waals surface area contributed by atoms with Gasteiger partial charge >= 0.3 is 0 Å². The van der Waals surface area contributed by atoms with Crippen molar-refractivity contribution in [2.45, 2.75) is 10.4 Å². The van der Waals surface area contributed by atoms with Gasteiger partial charge in [-0.05, 0) is 18.2 Å². The summed E-state index contributed by atoms with van der Waals surface area (Å²) in [6.07, 6.45) is 0. The zero-order valence-corrected chi connectivity index (χ0v) is 14.5. The molecule has 4 rings (SSSR count). The molecule has 25 heavy (non-hydrogen) atoms. The number of rotatable bonds is 4. The van der Waals surface area contributed by atoms with Gasteiger partial charge in [-0.2, -0.15) is 4.68 Å². The molecule has 0 spiro atoms. The molecule has 0 saturated heterocycles. The summed E-state index contributed by atoms with van der Waals surface area (Å²) in [6, 6.07) is 15.0. The molecule has 0 bridgehead atoms. The lowest BCUT2D eigenvalue weighted by Gasteiger charge is -2.13. The zero-order chi connectivity index (χ0) is 17.4. The normalized spacial score (nSPS) is 15.9. The molecular weight excluding hydrogens is 338 g/mol. The summed E-state index contributed by atoms with van der Waals surface area (Å²) in [5.41, 5.74) is 1.64. The van der Waals surface area contributed by atoms with Gasteiger partial charge in [0.05, 0.1) is 14.2 Å². The molecule has 0 amide bonds. The van der Waals surface area contributed by atoms with E-state index in [9.17, 15) is 4.79 Å². The summed E-state index contributed by atoms with van der Waals surface area (Å²) < 4.78 is 12.0. The number of aromatic nitrogens is 3. The molecule has 0 saturated carbocycles. The molecule has 1 aliphatic rings. The highest BCUT2D eigenvalue weighted by molar-refractivity contribution is 8.00. The molecule has 6 nitrogen and oxygen atoms in total. The second kappa shape index (κ2) is 6.25. The molecule has 0 radical (unpaired) electrons. The molecule has 1 aromatic heterocycles. The van der Waals surface area contributed by atoms with Gasteiger partial charge in [0.15, 0.2) is 11.0 Å². The fourth-order valence-corrected chi connectivity index (χ4v) is 3.83. The Morgan fingerprint density at radius 1 is 1.08 bits per heavy atom. The lowest BCUT2D eigenvalue weighted by Crippen LogP contribution is -2.14. The average molecular weight is 353 g/mol. The Bertz CT molecular complexity index is 940. The van der Waals surface area contributed by atoms with Crippen LogP contribution in [0.4, 0.5) is 0 Å². The van der Waals surface area contributed by atoms with Gasteiger partial charge in [-0.1, -0.05) is 42.1 Å². The van der Waals surface area contributed by atoms with Crippen molar-refractivity contribution in [3.05, 3.63) is 54.1 Å². The first-order valence-corrected chi connectivity index (χ1v) is 8.54. The summed E-state index contributed by atoms with van der Waals surface area (Å²) >= 11 is 1.37. The molecule has 1 atom stereocenters. The van der Waals surface area contributed by atoms with Crippen LogP contribution in [-0.2, 0) is 0 Å². The van der Waals surface area contributed by atoms with Crippen LogP contribution < -0.4 is 9.47 Å². The lowest BCUT2D eigenvalue weighted by molar-refractivity contribution is 0.0892. The number of nitrogens with zero attached hydrogens (tertiary/aromatic N) is 3. The minimum absolute atomic E-state index is 0.138. The lowest BCUT2D eigenvalue weighted by atomic mass is 10.1. The van der Waals surface area contributed by atoms with Crippen LogP contribution in [0.15, 0.2) is 53.7 Å². The number of carbonyl (C=O) groups excluding carboxylic acids is 1. The Hall–Kier alpha value is -2.80. The number of hydrogen-bond acceptors (Lipinski definition) is 6. The molecule has 126 valence electrons. The largest absolute Gasteiger partial charge is 0.497 e. The van der Waals surface area contributed by atoms with Crippen molar-refractivity contribution in [2.24, 2.45) is 0 Å². The van der Waals surface area contributed by atoms with Gasteiger partial charge in [0.1, 0.15) is 16.7 Å². The molecule has 0 aliphatic carbocycles. The highest BCUT2D eigenvalue weighted by Gasteiger charge is 2.37. The smallest absolute Gasteiger partial charge is 0.267 e. The Labute approximate surface area is 148 Å². The Kier molecular flexibility index (Phi) is 3.93. The summed E-state index contributed by atoms with van der Waals surface area (Å²) in [5, 5.41) is 4.51. The third kappa shape index (κ3) is 2.66. The third-order valence-corrected chi connectivity index (χ3v) is 5.15. The molecule has 0 N–H and O–H groups in total. The quantitative estimate of drug-likeness (QED) is 0.716. The number of methoxy groups -OCH3 is 2. The van der Waals surface area contributed by atoms with E-state index in [1.807, 2.05) is 36.4 Å². The van der Waals surface area contributed by atoms with Gasteiger partial charge in [-0.15, -0.1) is 5.10 Å². The summed E-state index contributed by atoms with van der Waals surface area (Å²) in [5.74, 6) is 1.72. The maximum atomic E-state index is 12.9. The monoisotopic (exact) mass is 353 g/mol. The minimum Gasteiger partial charge on any atom is -0.497 e. The standard InChI is InChI=1S/C18H15N3O3S/c1-23-12-8-9-14(24-2)13(10-12)15-17(22)21-18(25-15)19-16(20-21)11-6-4-3-5-7-11/h3-10,15H,1-2H3. The van der Waals surface area contributed by atoms with Crippen LogP contribution in [0.3, 0.4) is 0 Å². The van der Waals surface area contributed by atoms with E-state index in [0.717, 1.165) is 11.1 Å². The second-order valence-corrected chi connectivity index (χ2v) is 6.51. The van der Waals surface area contributed by atoms with E-state index in [4.69, 9.17) is 9.47 Å². The van der Waals surface area contributed by atoms with Crippen LogP contribution in [-0.4, -0.2) is 34.9 Å². The van der Waals surface area contributed by atoms with E-state index in [1.54, 1.807) is 26.4 Å². The average Bonchev–Trinajstić information content (AvgIpc) is 3.21. The van der Waals surface area contributed by atoms with Gasteiger partial charge in [0.2, 0.25) is 0 Å². The van der Waals surface area contributed by atoms with E-state index in [2.05, 4.69) is 10.1 Å².